The number of carbonyl (C=O) groups is 2. The number of benzene rings is 1. The van der Waals surface area contributed by atoms with Gasteiger partial charge in [-0.2, -0.15) is 0 Å². The average molecular weight is 395 g/mol. The van der Waals surface area contributed by atoms with E-state index in [4.69, 9.17) is 14.2 Å². The fourth-order valence-corrected chi connectivity index (χ4v) is 2.48. The second kappa shape index (κ2) is 16.1. The summed E-state index contributed by atoms with van der Waals surface area (Å²) in [5.41, 5.74) is 0.820. The molecule has 0 heterocycles. The lowest BCUT2D eigenvalue weighted by molar-refractivity contribution is 0.0478. The van der Waals surface area contributed by atoms with E-state index < -0.39 is 11.9 Å². The van der Waals surface area contributed by atoms with E-state index in [9.17, 15) is 9.59 Å². The van der Waals surface area contributed by atoms with Gasteiger partial charge in [-0.1, -0.05) is 19.8 Å². The van der Waals surface area contributed by atoms with E-state index in [1.807, 2.05) is 0 Å². The lowest BCUT2D eigenvalue weighted by atomic mass is 10.1. The normalized spacial score (nSPS) is 10.6. The molecule has 0 saturated heterocycles. The first kappa shape index (κ1) is 24.1. The molecule has 1 rings (SSSR count). The number of carbonyl (C=O) groups excluding carboxylic acids is 2. The number of methoxy groups -OCH3 is 1. The molecule has 0 bridgehead atoms. The van der Waals surface area contributed by atoms with Crippen molar-refractivity contribution >= 4 is 11.9 Å². The van der Waals surface area contributed by atoms with Crippen molar-refractivity contribution in [2.45, 2.75) is 51.9 Å². The van der Waals surface area contributed by atoms with E-state index in [0.29, 0.717) is 24.3 Å². The van der Waals surface area contributed by atoms with Crippen LogP contribution in [0.1, 0.15) is 72.6 Å². The second-order valence-electron chi connectivity index (χ2n) is 6.55. The maximum atomic E-state index is 11.9. The Balaban J connectivity index is 1.95. The fraction of sp³-hybridized carbons (Fsp3) is 0.636. The zero-order valence-corrected chi connectivity index (χ0v) is 17.2. The Morgan fingerprint density at radius 1 is 0.679 bits per heavy atom. The summed E-state index contributed by atoms with van der Waals surface area (Å²) in [5.74, 6) is -0.823. The standard InChI is InChI=1S/C22H34O6/c1-3-4-5-14-26-15-6-7-16-27-17-8-9-18-28-22(24)20-12-10-19(11-13-20)21(23)25-2/h10-13H,3-9,14-18H2,1-2H3. The first-order valence-corrected chi connectivity index (χ1v) is 10.2. The Morgan fingerprint density at radius 3 is 1.57 bits per heavy atom. The van der Waals surface area contributed by atoms with Gasteiger partial charge in [0.2, 0.25) is 0 Å². The third kappa shape index (κ3) is 11.0. The van der Waals surface area contributed by atoms with E-state index in [-0.39, 0.29) is 0 Å². The maximum absolute atomic E-state index is 11.9. The van der Waals surface area contributed by atoms with Gasteiger partial charge in [0, 0.05) is 26.4 Å². The van der Waals surface area contributed by atoms with Crippen LogP contribution < -0.4 is 0 Å². The van der Waals surface area contributed by atoms with Crippen molar-refractivity contribution in [3.8, 4) is 0 Å². The van der Waals surface area contributed by atoms with E-state index in [1.54, 1.807) is 24.3 Å². The molecule has 0 N–H and O–H groups in total. The maximum Gasteiger partial charge on any atom is 0.338 e. The second-order valence-corrected chi connectivity index (χ2v) is 6.55. The molecular formula is C22H34O6. The van der Waals surface area contributed by atoms with Gasteiger partial charge in [-0.25, -0.2) is 9.59 Å². The van der Waals surface area contributed by atoms with Gasteiger partial charge in [0.15, 0.2) is 0 Å². The third-order valence-electron chi connectivity index (χ3n) is 4.18. The molecule has 0 aromatic heterocycles. The van der Waals surface area contributed by atoms with Gasteiger partial charge in [-0.05, 0) is 56.4 Å². The predicted octanol–water partition coefficient (Wildman–Crippen LogP) is 4.41. The minimum Gasteiger partial charge on any atom is -0.465 e. The Kier molecular flexibility index (Phi) is 13.8. The Hall–Kier alpha value is -1.92. The summed E-state index contributed by atoms with van der Waals surface area (Å²) >= 11 is 0. The van der Waals surface area contributed by atoms with Gasteiger partial charge in [0.1, 0.15) is 0 Å². The van der Waals surface area contributed by atoms with Gasteiger partial charge >= 0.3 is 11.9 Å². The number of esters is 2. The van der Waals surface area contributed by atoms with Crippen molar-refractivity contribution in [2.75, 3.05) is 40.1 Å². The van der Waals surface area contributed by atoms with Crippen LogP contribution in [-0.4, -0.2) is 52.1 Å². The van der Waals surface area contributed by atoms with Crippen molar-refractivity contribution < 1.29 is 28.5 Å². The number of hydrogen-bond donors (Lipinski definition) is 0. The molecule has 6 nitrogen and oxygen atoms in total. The SMILES string of the molecule is CCCCCOCCCCOCCCCOC(=O)c1ccc(C(=O)OC)cc1. The molecule has 0 unspecified atom stereocenters. The zero-order chi connectivity index (χ0) is 20.5. The number of hydrogen-bond acceptors (Lipinski definition) is 6. The molecule has 0 aliphatic carbocycles. The highest BCUT2D eigenvalue weighted by molar-refractivity contribution is 5.93. The van der Waals surface area contributed by atoms with E-state index >= 15 is 0 Å². The van der Waals surface area contributed by atoms with Crippen molar-refractivity contribution in [1.82, 2.24) is 0 Å². The van der Waals surface area contributed by atoms with Crippen LogP contribution in [0.25, 0.3) is 0 Å². The minimum atomic E-state index is -0.431. The number of unbranched alkanes of at least 4 members (excludes halogenated alkanes) is 4. The lowest BCUT2D eigenvalue weighted by Crippen LogP contribution is -2.08. The summed E-state index contributed by atoms with van der Waals surface area (Å²) in [5, 5.41) is 0. The molecule has 0 aliphatic heterocycles. The highest BCUT2D eigenvalue weighted by atomic mass is 16.5. The van der Waals surface area contributed by atoms with Crippen LogP contribution in [-0.2, 0) is 18.9 Å². The first-order valence-electron chi connectivity index (χ1n) is 10.2. The van der Waals surface area contributed by atoms with Crippen molar-refractivity contribution in [3.63, 3.8) is 0 Å². The van der Waals surface area contributed by atoms with E-state index in [1.165, 1.54) is 20.0 Å². The van der Waals surface area contributed by atoms with Crippen LogP contribution in [0.2, 0.25) is 0 Å². The Bertz CT molecular complexity index is 540. The molecule has 0 spiro atoms. The molecule has 0 radical (unpaired) electrons. The monoisotopic (exact) mass is 394 g/mol. The molecule has 0 saturated carbocycles. The Labute approximate surface area is 168 Å². The van der Waals surface area contributed by atoms with Crippen LogP contribution >= 0.6 is 0 Å². The topological polar surface area (TPSA) is 71.1 Å². The van der Waals surface area contributed by atoms with Gasteiger partial charge < -0.3 is 18.9 Å². The molecule has 0 amide bonds. The summed E-state index contributed by atoms with van der Waals surface area (Å²) in [7, 11) is 1.32. The van der Waals surface area contributed by atoms with Gasteiger partial charge in [0.05, 0.1) is 24.8 Å². The van der Waals surface area contributed by atoms with E-state index in [2.05, 4.69) is 11.7 Å². The Morgan fingerprint density at radius 2 is 1.11 bits per heavy atom. The molecule has 6 heteroatoms. The number of rotatable bonds is 16. The highest BCUT2D eigenvalue weighted by Gasteiger charge is 2.09. The largest absolute Gasteiger partial charge is 0.465 e. The fourth-order valence-electron chi connectivity index (χ4n) is 2.48. The third-order valence-corrected chi connectivity index (χ3v) is 4.18. The van der Waals surface area contributed by atoms with E-state index in [0.717, 1.165) is 51.9 Å². The summed E-state index contributed by atoms with van der Waals surface area (Å²) < 4.78 is 21.0. The number of ether oxygens (including phenoxy) is 4. The molecule has 1 aromatic rings. The molecule has 1 aromatic carbocycles. The summed E-state index contributed by atoms with van der Waals surface area (Å²) in [6, 6.07) is 6.22. The summed E-state index contributed by atoms with van der Waals surface area (Å²) in [6.07, 6.45) is 7.24. The van der Waals surface area contributed by atoms with Crippen molar-refractivity contribution in [3.05, 3.63) is 35.4 Å². The van der Waals surface area contributed by atoms with Crippen LogP contribution in [0, 0.1) is 0 Å². The van der Waals surface area contributed by atoms with Crippen molar-refractivity contribution in [1.29, 1.82) is 0 Å². The molecular weight excluding hydrogens is 360 g/mol. The van der Waals surface area contributed by atoms with Crippen molar-refractivity contribution in [2.24, 2.45) is 0 Å². The van der Waals surface area contributed by atoms with Crippen LogP contribution in [0.3, 0.4) is 0 Å². The summed E-state index contributed by atoms with van der Waals surface area (Å²) in [6.45, 7) is 5.63. The quantitative estimate of drug-likeness (QED) is 0.305. The molecule has 0 atom stereocenters. The molecule has 0 fully saturated rings. The minimum absolute atomic E-state index is 0.354. The summed E-state index contributed by atoms with van der Waals surface area (Å²) in [4.78, 5) is 23.3. The smallest absolute Gasteiger partial charge is 0.338 e. The first-order chi connectivity index (χ1) is 13.7. The predicted molar refractivity (Wildman–Crippen MR) is 108 cm³/mol. The molecule has 158 valence electrons. The lowest BCUT2D eigenvalue weighted by Gasteiger charge is -2.07. The zero-order valence-electron chi connectivity index (χ0n) is 17.2. The van der Waals surface area contributed by atoms with Gasteiger partial charge in [-0.3, -0.25) is 0 Å². The van der Waals surface area contributed by atoms with Crippen LogP contribution in [0.5, 0.6) is 0 Å². The van der Waals surface area contributed by atoms with Crippen LogP contribution in [0.4, 0.5) is 0 Å². The average Bonchev–Trinajstić information content (AvgIpc) is 2.73. The molecule has 28 heavy (non-hydrogen) atoms. The highest BCUT2D eigenvalue weighted by Crippen LogP contribution is 2.08. The van der Waals surface area contributed by atoms with Crippen LogP contribution in [0.15, 0.2) is 24.3 Å². The van der Waals surface area contributed by atoms with Gasteiger partial charge in [0.25, 0.3) is 0 Å². The van der Waals surface area contributed by atoms with Gasteiger partial charge in [-0.15, -0.1) is 0 Å². The molecule has 0 aliphatic rings.